The molecule has 120 valence electrons. The Morgan fingerprint density at radius 3 is 2.68 bits per heavy atom. The van der Waals surface area contributed by atoms with Crippen molar-refractivity contribution in [3.05, 3.63) is 33.8 Å². The average Bonchev–Trinajstić information content (AvgIpc) is 3.19. The van der Waals surface area contributed by atoms with Crippen LogP contribution in [0, 0.1) is 11.3 Å². The molecule has 1 amide bonds. The minimum absolute atomic E-state index is 0.0448. The van der Waals surface area contributed by atoms with Crippen LogP contribution < -0.4 is 5.32 Å². The number of halogens is 2. The SMILES string of the molecule is C[C@H](c1ccc(Cl)cc1Cl)N(C)C(=O)[C@H]1CC12CCNCC2. The summed E-state index contributed by atoms with van der Waals surface area (Å²) in [5, 5.41) is 4.61. The summed E-state index contributed by atoms with van der Waals surface area (Å²) in [4.78, 5) is 14.7. The Hall–Kier alpha value is -0.770. The van der Waals surface area contributed by atoms with Crippen LogP contribution in [-0.4, -0.2) is 30.9 Å². The van der Waals surface area contributed by atoms with Crippen molar-refractivity contribution in [1.29, 1.82) is 0 Å². The number of piperidine rings is 1. The molecule has 1 spiro atoms. The van der Waals surface area contributed by atoms with Gasteiger partial charge in [0, 0.05) is 23.0 Å². The van der Waals surface area contributed by atoms with Gasteiger partial charge in [0.25, 0.3) is 0 Å². The molecule has 0 aromatic heterocycles. The predicted octanol–water partition coefficient (Wildman–Crippen LogP) is 3.90. The fraction of sp³-hybridized carbons (Fsp3) is 0.588. The third-order valence-electron chi connectivity index (χ3n) is 5.43. The van der Waals surface area contributed by atoms with Crippen LogP contribution >= 0.6 is 23.2 Å². The van der Waals surface area contributed by atoms with Gasteiger partial charge in [-0.2, -0.15) is 0 Å². The number of rotatable bonds is 3. The number of carbonyl (C=O) groups excluding carboxylic acids is 1. The number of nitrogens with one attached hydrogen (secondary N) is 1. The molecule has 1 N–H and O–H groups in total. The molecule has 0 bridgehead atoms. The summed E-state index contributed by atoms with van der Waals surface area (Å²) in [5.74, 6) is 0.438. The second-order valence-corrected chi connectivity index (χ2v) is 7.50. The lowest BCUT2D eigenvalue weighted by molar-refractivity contribution is -0.134. The first kappa shape index (κ1) is 16.1. The van der Waals surface area contributed by atoms with Crippen molar-refractivity contribution < 1.29 is 4.79 Å². The smallest absolute Gasteiger partial charge is 0.226 e. The molecule has 1 aliphatic carbocycles. The lowest BCUT2D eigenvalue weighted by Crippen LogP contribution is -2.35. The van der Waals surface area contributed by atoms with Gasteiger partial charge in [-0.05, 0) is 62.4 Å². The molecule has 22 heavy (non-hydrogen) atoms. The number of hydrogen-bond donors (Lipinski definition) is 1. The summed E-state index contributed by atoms with van der Waals surface area (Å²) in [6.45, 7) is 4.09. The van der Waals surface area contributed by atoms with E-state index in [1.807, 2.05) is 31.0 Å². The van der Waals surface area contributed by atoms with Crippen LogP contribution in [0.4, 0.5) is 0 Å². The zero-order valence-corrected chi connectivity index (χ0v) is 14.5. The Kier molecular flexibility index (Phi) is 4.41. The molecule has 1 aliphatic heterocycles. The van der Waals surface area contributed by atoms with Crippen molar-refractivity contribution in [1.82, 2.24) is 10.2 Å². The molecule has 3 rings (SSSR count). The summed E-state index contributed by atoms with van der Waals surface area (Å²) in [6.07, 6.45) is 3.28. The van der Waals surface area contributed by atoms with Gasteiger partial charge in [0.2, 0.25) is 5.91 Å². The standard InChI is InChI=1S/C17H22Cl2N2O/c1-11(13-4-3-12(18)9-15(13)19)21(2)16(22)14-10-17(14)5-7-20-8-6-17/h3-4,9,11,14,20H,5-8,10H2,1-2H3/t11-,14-/m1/s1. The molecule has 1 aromatic rings. The van der Waals surface area contributed by atoms with Crippen LogP contribution in [-0.2, 0) is 4.79 Å². The second-order valence-electron chi connectivity index (χ2n) is 6.66. The van der Waals surface area contributed by atoms with E-state index >= 15 is 0 Å². The Morgan fingerprint density at radius 2 is 2.05 bits per heavy atom. The first-order valence-electron chi connectivity index (χ1n) is 7.87. The van der Waals surface area contributed by atoms with E-state index in [0.717, 1.165) is 37.9 Å². The van der Waals surface area contributed by atoms with Crippen LogP contribution in [0.2, 0.25) is 10.0 Å². The highest BCUT2D eigenvalue weighted by Gasteiger charge is 2.58. The molecule has 1 aromatic carbocycles. The van der Waals surface area contributed by atoms with Gasteiger partial charge >= 0.3 is 0 Å². The monoisotopic (exact) mass is 340 g/mol. The third kappa shape index (κ3) is 2.86. The van der Waals surface area contributed by atoms with Gasteiger partial charge in [0.1, 0.15) is 0 Å². The van der Waals surface area contributed by atoms with Crippen molar-refractivity contribution in [3.8, 4) is 0 Å². The van der Waals surface area contributed by atoms with Gasteiger partial charge in [0.15, 0.2) is 0 Å². The maximum Gasteiger partial charge on any atom is 0.226 e. The van der Waals surface area contributed by atoms with Crippen LogP contribution in [0.15, 0.2) is 18.2 Å². The summed E-state index contributed by atoms with van der Waals surface area (Å²) in [6, 6.07) is 5.42. The van der Waals surface area contributed by atoms with Crippen molar-refractivity contribution in [2.75, 3.05) is 20.1 Å². The van der Waals surface area contributed by atoms with Crippen LogP contribution in [0.3, 0.4) is 0 Å². The summed E-state index contributed by atoms with van der Waals surface area (Å²) in [7, 11) is 1.88. The molecule has 5 heteroatoms. The highest BCUT2D eigenvalue weighted by Crippen LogP contribution is 2.59. The van der Waals surface area contributed by atoms with E-state index in [4.69, 9.17) is 23.2 Å². The molecule has 1 saturated carbocycles. The van der Waals surface area contributed by atoms with E-state index in [-0.39, 0.29) is 23.3 Å². The fourth-order valence-corrected chi connectivity index (χ4v) is 4.23. The molecule has 1 heterocycles. The van der Waals surface area contributed by atoms with E-state index in [9.17, 15) is 4.79 Å². The lowest BCUT2D eigenvalue weighted by atomic mass is 9.91. The Bertz CT molecular complexity index is 584. The zero-order chi connectivity index (χ0) is 15.9. The van der Waals surface area contributed by atoms with E-state index in [0.29, 0.717) is 10.0 Å². The molecule has 1 saturated heterocycles. The van der Waals surface area contributed by atoms with Gasteiger partial charge in [-0.1, -0.05) is 29.3 Å². The minimum Gasteiger partial charge on any atom is -0.339 e. The number of benzene rings is 1. The lowest BCUT2D eigenvalue weighted by Gasteiger charge is -2.29. The number of amides is 1. The Labute approximate surface area is 142 Å². The number of carbonyl (C=O) groups is 1. The van der Waals surface area contributed by atoms with E-state index < -0.39 is 0 Å². The van der Waals surface area contributed by atoms with Crippen molar-refractivity contribution >= 4 is 29.1 Å². The van der Waals surface area contributed by atoms with Gasteiger partial charge in [-0.15, -0.1) is 0 Å². The normalized spacial score (nSPS) is 24.1. The molecule has 2 fully saturated rings. The average molecular weight is 341 g/mol. The highest BCUT2D eigenvalue weighted by molar-refractivity contribution is 6.35. The van der Waals surface area contributed by atoms with Crippen molar-refractivity contribution in [3.63, 3.8) is 0 Å². The molecule has 0 unspecified atom stereocenters. The summed E-state index contributed by atoms with van der Waals surface area (Å²) < 4.78 is 0. The molecule has 0 radical (unpaired) electrons. The largest absolute Gasteiger partial charge is 0.339 e. The topological polar surface area (TPSA) is 32.3 Å². The molecule has 3 nitrogen and oxygen atoms in total. The Balaban J connectivity index is 1.70. The molecule has 2 aliphatic rings. The molecular weight excluding hydrogens is 319 g/mol. The first-order valence-corrected chi connectivity index (χ1v) is 8.62. The predicted molar refractivity (Wildman–Crippen MR) is 90.3 cm³/mol. The minimum atomic E-state index is -0.0448. The van der Waals surface area contributed by atoms with E-state index in [1.165, 1.54) is 0 Å². The van der Waals surface area contributed by atoms with Crippen LogP contribution in [0.25, 0.3) is 0 Å². The fourth-order valence-electron chi connectivity index (χ4n) is 3.66. The van der Waals surface area contributed by atoms with E-state index in [2.05, 4.69) is 5.32 Å². The van der Waals surface area contributed by atoms with Gasteiger partial charge in [-0.3, -0.25) is 4.79 Å². The number of hydrogen-bond acceptors (Lipinski definition) is 2. The number of nitrogens with zero attached hydrogens (tertiary/aromatic N) is 1. The van der Waals surface area contributed by atoms with Gasteiger partial charge in [-0.25, -0.2) is 0 Å². The highest BCUT2D eigenvalue weighted by atomic mass is 35.5. The first-order chi connectivity index (χ1) is 10.4. The molecule has 2 atom stereocenters. The quantitative estimate of drug-likeness (QED) is 0.904. The third-order valence-corrected chi connectivity index (χ3v) is 5.99. The van der Waals surface area contributed by atoms with E-state index in [1.54, 1.807) is 6.07 Å². The zero-order valence-electron chi connectivity index (χ0n) is 13.0. The maximum atomic E-state index is 12.8. The summed E-state index contributed by atoms with van der Waals surface area (Å²) in [5.41, 5.74) is 1.21. The van der Waals surface area contributed by atoms with Gasteiger partial charge in [0.05, 0.1) is 6.04 Å². The second kappa shape index (κ2) is 6.03. The Morgan fingerprint density at radius 1 is 1.36 bits per heavy atom. The van der Waals surface area contributed by atoms with Crippen molar-refractivity contribution in [2.24, 2.45) is 11.3 Å². The summed E-state index contributed by atoms with van der Waals surface area (Å²) >= 11 is 12.2. The van der Waals surface area contributed by atoms with Crippen molar-refractivity contribution in [2.45, 2.75) is 32.2 Å². The van der Waals surface area contributed by atoms with Crippen LogP contribution in [0.5, 0.6) is 0 Å². The maximum absolute atomic E-state index is 12.8. The van der Waals surface area contributed by atoms with Crippen LogP contribution in [0.1, 0.15) is 37.8 Å². The molecular formula is C17H22Cl2N2O. The van der Waals surface area contributed by atoms with Gasteiger partial charge < -0.3 is 10.2 Å².